The van der Waals surface area contributed by atoms with Crippen LogP contribution in [0.25, 0.3) is 0 Å². The van der Waals surface area contributed by atoms with Crippen LogP contribution in [-0.2, 0) is 13.2 Å². The number of hydrogen-bond donors (Lipinski definition) is 1. The normalized spacial score (nSPS) is 10.2. The molecule has 0 atom stereocenters. The van der Waals surface area contributed by atoms with E-state index in [1.54, 1.807) is 31.5 Å². The summed E-state index contributed by atoms with van der Waals surface area (Å²) in [5.41, 5.74) is 2.49. The minimum absolute atomic E-state index is 0.189. The number of aromatic nitrogens is 1. The Morgan fingerprint density at radius 2 is 1.77 bits per heavy atom. The van der Waals surface area contributed by atoms with Gasteiger partial charge in [0.05, 0.1) is 12.7 Å². The second-order valence-corrected chi connectivity index (χ2v) is 5.66. The van der Waals surface area contributed by atoms with E-state index in [0.717, 1.165) is 11.1 Å². The maximum absolute atomic E-state index is 12.4. The molecular formula is C21H20N2O3. The van der Waals surface area contributed by atoms with Crippen LogP contribution >= 0.6 is 0 Å². The highest BCUT2D eigenvalue weighted by Gasteiger charge is 2.11. The molecule has 0 unspecified atom stereocenters. The second-order valence-electron chi connectivity index (χ2n) is 5.66. The first kappa shape index (κ1) is 17.5. The van der Waals surface area contributed by atoms with E-state index < -0.39 is 0 Å². The lowest BCUT2D eigenvalue weighted by Gasteiger charge is -2.10. The van der Waals surface area contributed by atoms with Crippen LogP contribution in [0.4, 0.5) is 0 Å². The number of carbonyl (C=O) groups is 1. The predicted octanol–water partition coefficient (Wildman–Crippen LogP) is 3.60. The van der Waals surface area contributed by atoms with Crippen LogP contribution < -0.4 is 14.8 Å². The summed E-state index contributed by atoms with van der Waals surface area (Å²) < 4.78 is 10.9. The van der Waals surface area contributed by atoms with Gasteiger partial charge in [-0.25, -0.2) is 4.98 Å². The third-order valence-corrected chi connectivity index (χ3v) is 3.83. The topological polar surface area (TPSA) is 60.5 Å². The van der Waals surface area contributed by atoms with Gasteiger partial charge in [-0.3, -0.25) is 4.79 Å². The van der Waals surface area contributed by atoms with E-state index in [9.17, 15) is 4.79 Å². The molecule has 0 saturated carbocycles. The SMILES string of the molecule is COc1ccccc1C(=O)NCc1ccnc(OCc2ccccc2)c1. The zero-order chi connectivity index (χ0) is 18.2. The maximum Gasteiger partial charge on any atom is 0.255 e. The second kappa shape index (κ2) is 8.67. The van der Waals surface area contributed by atoms with Crippen molar-refractivity contribution in [3.8, 4) is 11.6 Å². The minimum atomic E-state index is -0.189. The van der Waals surface area contributed by atoms with Crippen molar-refractivity contribution < 1.29 is 14.3 Å². The van der Waals surface area contributed by atoms with E-state index >= 15 is 0 Å². The number of carbonyl (C=O) groups excluding carboxylic acids is 1. The van der Waals surface area contributed by atoms with Crippen LogP contribution in [0, 0.1) is 0 Å². The number of amides is 1. The molecule has 2 aromatic carbocycles. The van der Waals surface area contributed by atoms with Gasteiger partial charge < -0.3 is 14.8 Å². The molecular weight excluding hydrogens is 328 g/mol. The van der Waals surface area contributed by atoms with Gasteiger partial charge in [0, 0.05) is 18.8 Å². The van der Waals surface area contributed by atoms with Gasteiger partial charge in [-0.2, -0.15) is 0 Å². The fourth-order valence-electron chi connectivity index (χ4n) is 2.48. The fourth-order valence-corrected chi connectivity index (χ4v) is 2.48. The summed E-state index contributed by atoms with van der Waals surface area (Å²) in [6, 6.07) is 20.7. The van der Waals surface area contributed by atoms with Crippen molar-refractivity contribution >= 4 is 5.91 Å². The third kappa shape index (κ3) is 4.60. The Labute approximate surface area is 152 Å². The van der Waals surface area contributed by atoms with E-state index in [4.69, 9.17) is 9.47 Å². The van der Waals surface area contributed by atoms with Gasteiger partial charge in [-0.15, -0.1) is 0 Å². The smallest absolute Gasteiger partial charge is 0.255 e. The summed E-state index contributed by atoms with van der Waals surface area (Å²) in [7, 11) is 1.55. The van der Waals surface area contributed by atoms with Crippen LogP contribution in [0.1, 0.15) is 21.5 Å². The lowest BCUT2D eigenvalue weighted by molar-refractivity contribution is 0.0948. The molecule has 132 valence electrons. The first-order chi connectivity index (χ1) is 12.8. The Kier molecular flexibility index (Phi) is 5.83. The van der Waals surface area contributed by atoms with E-state index in [2.05, 4.69) is 10.3 Å². The molecule has 0 spiro atoms. The molecule has 0 bridgehead atoms. The number of methoxy groups -OCH3 is 1. The van der Waals surface area contributed by atoms with Crippen LogP contribution in [0.15, 0.2) is 72.9 Å². The Balaban J connectivity index is 1.59. The molecule has 1 heterocycles. The molecule has 1 N–H and O–H groups in total. The van der Waals surface area contributed by atoms with Crippen molar-refractivity contribution in [2.45, 2.75) is 13.2 Å². The number of rotatable bonds is 7. The van der Waals surface area contributed by atoms with Crippen molar-refractivity contribution in [2.75, 3.05) is 7.11 Å². The standard InChI is InChI=1S/C21H20N2O3/c1-25-19-10-6-5-9-18(19)21(24)23-14-17-11-12-22-20(13-17)26-15-16-7-3-2-4-8-16/h2-13H,14-15H2,1H3,(H,23,24). The van der Waals surface area contributed by atoms with Gasteiger partial charge >= 0.3 is 0 Å². The summed E-state index contributed by atoms with van der Waals surface area (Å²) in [6.45, 7) is 0.825. The van der Waals surface area contributed by atoms with Gasteiger partial charge in [0.15, 0.2) is 0 Å². The molecule has 0 aliphatic rings. The van der Waals surface area contributed by atoms with Gasteiger partial charge in [0.1, 0.15) is 12.4 Å². The maximum atomic E-state index is 12.4. The van der Waals surface area contributed by atoms with Crippen LogP contribution in [0.5, 0.6) is 11.6 Å². The van der Waals surface area contributed by atoms with Crippen molar-refractivity contribution in [3.63, 3.8) is 0 Å². The summed E-state index contributed by atoms with van der Waals surface area (Å²) >= 11 is 0. The molecule has 1 aromatic heterocycles. The molecule has 0 aliphatic carbocycles. The molecule has 5 heteroatoms. The Morgan fingerprint density at radius 3 is 2.58 bits per heavy atom. The average molecular weight is 348 g/mol. The Morgan fingerprint density at radius 1 is 1.00 bits per heavy atom. The van der Waals surface area contributed by atoms with E-state index in [0.29, 0.717) is 30.3 Å². The molecule has 3 aromatic rings. The quantitative estimate of drug-likeness (QED) is 0.709. The van der Waals surface area contributed by atoms with E-state index in [1.807, 2.05) is 48.5 Å². The molecule has 0 radical (unpaired) electrons. The molecule has 0 aliphatic heterocycles. The monoisotopic (exact) mass is 348 g/mol. The summed E-state index contributed by atoms with van der Waals surface area (Å²) in [5.74, 6) is 0.885. The van der Waals surface area contributed by atoms with Gasteiger partial charge in [-0.1, -0.05) is 42.5 Å². The van der Waals surface area contributed by atoms with Crippen LogP contribution in [0.2, 0.25) is 0 Å². The average Bonchev–Trinajstić information content (AvgIpc) is 2.71. The largest absolute Gasteiger partial charge is 0.496 e. The zero-order valence-electron chi connectivity index (χ0n) is 14.5. The highest BCUT2D eigenvalue weighted by atomic mass is 16.5. The number of nitrogens with one attached hydrogen (secondary N) is 1. The number of nitrogens with zero attached hydrogens (tertiary/aromatic N) is 1. The molecule has 1 amide bonds. The van der Waals surface area contributed by atoms with Crippen LogP contribution in [-0.4, -0.2) is 18.0 Å². The predicted molar refractivity (Wildman–Crippen MR) is 99.2 cm³/mol. The third-order valence-electron chi connectivity index (χ3n) is 3.83. The number of pyridine rings is 1. The zero-order valence-corrected chi connectivity index (χ0v) is 14.5. The van der Waals surface area contributed by atoms with Crippen molar-refractivity contribution in [2.24, 2.45) is 0 Å². The van der Waals surface area contributed by atoms with Gasteiger partial charge in [-0.05, 0) is 29.3 Å². The number of hydrogen-bond acceptors (Lipinski definition) is 4. The minimum Gasteiger partial charge on any atom is -0.496 e. The number of para-hydroxylation sites is 1. The summed E-state index contributed by atoms with van der Waals surface area (Å²) in [4.78, 5) is 16.6. The molecule has 5 nitrogen and oxygen atoms in total. The lowest BCUT2D eigenvalue weighted by atomic mass is 10.2. The molecule has 3 rings (SSSR count). The summed E-state index contributed by atoms with van der Waals surface area (Å²) in [5, 5.41) is 2.89. The number of ether oxygens (including phenoxy) is 2. The van der Waals surface area contributed by atoms with E-state index in [-0.39, 0.29) is 5.91 Å². The van der Waals surface area contributed by atoms with Gasteiger partial charge in [0.2, 0.25) is 5.88 Å². The lowest BCUT2D eigenvalue weighted by Crippen LogP contribution is -2.23. The highest BCUT2D eigenvalue weighted by Crippen LogP contribution is 2.17. The molecule has 0 fully saturated rings. The fraction of sp³-hybridized carbons (Fsp3) is 0.143. The Bertz CT molecular complexity index is 866. The van der Waals surface area contributed by atoms with Crippen molar-refractivity contribution in [1.29, 1.82) is 0 Å². The van der Waals surface area contributed by atoms with Crippen LogP contribution in [0.3, 0.4) is 0 Å². The highest BCUT2D eigenvalue weighted by molar-refractivity contribution is 5.96. The first-order valence-corrected chi connectivity index (χ1v) is 8.29. The first-order valence-electron chi connectivity index (χ1n) is 8.29. The number of benzene rings is 2. The molecule has 0 saturated heterocycles. The van der Waals surface area contributed by atoms with E-state index in [1.165, 1.54) is 0 Å². The van der Waals surface area contributed by atoms with Crippen molar-refractivity contribution in [1.82, 2.24) is 10.3 Å². The van der Waals surface area contributed by atoms with Gasteiger partial charge in [0.25, 0.3) is 5.91 Å². The molecule has 26 heavy (non-hydrogen) atoms. The van der Waals surface area contributed by atoms with Crippen molar-refractivity contribution in [3.05, 3.63) is 89.6 Å². The Hall–Kier alpha value is -3.34. The summed E-state index contributed by atoms with van der Waals surface area (Å²) in [6.07, 6.45) is 1.67.